The molecule has 2 rings (SSSR count). The maximum absolute atomic E-state index is 12.3. The molecule has 0 spiro atoms. The fourth-order valence-electron chi connectivity index (χ4n) is 1.95. The lowest BCUT2D eigenvalue weighted by Gasteiger charge is -2.32. The Morgan fingerprint density at radius 3 is 2.29 bits per heavy atom. The third kappa shape index (κ3) is 2.76. The highest BCUT2D eigenvalue weighted by Gasteiger charge is 2.52. The third-order valence-corrected chi connectivity index (χ3v) is 6.52. The van der Waals surface area contributed by atoms with Crippen LogP contribution in [0.4, 0.5) is 0 Å². The first-order valence-electron chi connectivity index (χ1n) is 7.16. The minimum absolute atomic E-state index is 0.463. The Hall–Kier alpha value is -0.855. The molecule has 8 heteroatoms. The molecule has 0 bridgehead atoms. The minimum Gasteiger partial charge on any atom is -0.399 e. The van der Waals surface area contributed by atoms with E-state index >= 15 is 0 Å². The smallest absolute Gasteiger partial charge is 0.399 e. The van der Waals surface area contributed by atoms with Crippen molar-refractivity contribution in [3.05, 3.63) is 12.4 Å². The van der Waals surface area contributed by atoms with Crippen LogP contribution in [-0.4, -0.2) is 41.2 Å². The van der Waals surface area contributed by atoms with Crippen LogP contribution in [0.3, 0.4) is 0 Å². The molecular weight excluding hydrogens is 291 g/mol. The van der Waals surface area contributed by atoms with E-state index in [9.17, 15) is 8.42 Å². The van der Waals surface area contributed by atoms with Gasteiger partial charge in [0.1, 0.15) is 0 Å². The van der Waals surface area contributed by atoms with Crippen LogP contribution in [-0.2, 0) is 19.3 Å². The minimum atomic E-state index is -3.46. The first kappa shape index (κ1) is 16.5. The van der Waals surface area contributed by atoms with Gasteiger partial charge in [-0.15, -0.1) is 0 Å². The van der Waals surface area contributed by atoms with Crippen LogP contribution in [0, 0.1) is 0 Å². The van der Waals surface area contributed by atoms with Crippen LogP contribution in [0.25, 0.3) is 0 Å². The van der Waals surface area contributed by atoms with Crippen molar-refractivity contribution in [2.75, 3.05) is 0 Å². The largest absolute Gasteiger partial charge is 0.498 e. The van der Waals surface area contributed by atoms with Crippen molar-refractivity contribution in [2.45, 2.75) is 64.4 Å². The fraction of sp³-hybridized carbons (Fsp3) is 0.769. The highest BCUT2D eigenvalue weighted by atomic mass is 32.2. The van der Waals surface area contributed by atoms with Gasteiger partial charge in [0.25, 0.3) is 10.0 Å². The molecule has 0 saturated carbocycles. The van der Waals surface area contributed by atoms with Crippen molar-refractivity contribution in [1.29, 1.82) is 0 Å². The Labute approximate surface area is 127 Å². The molecule has 1 fully saturated rings. The maximum Gasteiger partial charge on any atom is 0.498 e. The molecule has 0 aliphatic carbocycles. The number of hydrogen-bond acceptors (Lipinski definition) is 5. The van der Waals surface area contributed by atoms with Crippen molar-refractivity contribution in [3.63, 3.8) is 0 Å². The number of rotatable bonds is 4. The zero-order valence-corrected chi connectivity index (χ0v) is 14.3. The van der Waals surface area contributed by atoms with Crippen LogP contribution in [0.5, 0.6) is 0 Å². The first-order valence-corrected chi connectivity index (χ1v) is 8.66. The van der Waals surface area contributed by atoms with Gasteiger partial charge in [0.15, 0.2) is 0 Å². The highest BCUT2D eigenvalue weighted by Crippen LogP contribution is 2.36. The van der Waals surface area contributed by atoms with Gasteiger partial charge in [-0.1, -0.05) is 6.92 Å². The van der Waals surface area contributed by atoms with E-state index in [1.165, 1.54) is 12.4 Å². The SMILES string of the molecule is CCC(C)S(=O)(=O)n1cc(B2OC(C)(C)C(C)(C)O2)cn1. The number of aromatic nitrogens is 2. The summed E-state index contributed by atoms with van der Waals surface area (Å²) in [7, 11) is -4.06. The van der Waals surface area contributed by atoms with E-state index in [4.69, 9.17) is 9.31 Å². The van der Waals surface area contributed by atoms with E-state index in [2.05, 4.69) is 5.10 Å². The standard InChI is InChI=1S/C13H23BN2O4S/c1-7-10(2)21(17,18)16-9-11(8-15-16)14-19-12(3,4)13(5,6)20-14/h8-10H,7H2,1-6H3. The van der Waals surface area contributed by atoms with Gasteiger partial charge in [0.2, 0.25) is 0 Å². The summed E-state index contributed by atoms with van der Waals surface area (Å²) < 4.78 is 37.3. The van der Waals surface area contributed by atoms with Gasteiger partial charge >= 0.3 is 7.12 Å². The molecule has 2 heterocycles. The molecule has 1 aliphatic heterocycles. The molecule has 1 aliphatic rings. The van der Waals surface area contributed by atoms with Crippen molar-refractivity contribution >= 4 is 22.6 Å². The zero-order chi connectivity index (χ0) is 16.1. The summed E-state index contributed by atoms with van der Waals surface area (Å²) in [6.45, 7) is 11.3. The van der Waals surface area contributed by atoms with E-state index in [-0.39, 0.29) is 0 Å². The van der Waals surface area contributed by atoms with Crippen LogP contribution >= 0.6 is 0 Å². The molecule has 1 atom stereocenters. The van der Waals surface area contributed by atoms with Gasteiger partial charge in [-0.25, -0.2) is 8.42 Å². The van der Waals surface area contributed by atoms with E-state index in [0.717, 1.165) is 4.09 Å². The third-order valence-electron chi connectivity index (χ3n) is 4.45. The summed E-state index contributed by atoms with van der Waals surface area (Å²) in [5.41, 5.74) is -0.314. The monoisotopic (exact) mass is 314 g/mol. The van der Waals surface area contributed by atoms with Crippen molar-refractivity contribution in [2.24, 2.45) is 0 Å². The summed E-state index contributed by atoms with van der Waals surface area (Å²) in [5, 5.41) is 3.48. The lowest BCUT2D eigenvalue weighted by molar-refractivity contribution is 0.00578. The van der Waals surface area contributed by atoms with E-state index in [1.54, 1.807) is 6.92 Å². The Morgan fingerprint density at radius 2 is 1.81 bits per heavy atom. The number of nitrogens with zero attached hydrogens (tertiary/aromatic N) is 2. The topological polar surface area (TPSA) is 70.4 Å². The van der Waals surface area contributed by atoms with Crippen LogP contribution in [0.1, 0.15) is 48.0 Å². The Kier molecular flexibility index (Phi) is 4.01. The van der Waals surface area contributed by atoms with Gasteiger partial charge in [-0.3, -0.25) is 0 Å². The molecule has 0 amide bonds. The predicted octanol–water partition coefficient (Wildman–Crippen LogP) is 1.16. The summed E-state index contributed by atoms with van der Waals surface area (Å²) >= 11 is 0. The molecule has 118 valence electrons. The molecule has 0 radical (unpaired) electrons. The second kappa shape index (κ2) is 5.10. The lowest BCUT2D eigenvalue weighted by atomic mass is 9.82. The fourth-order valence-corrected chi connectivity index (χ4v) is 3.19. The molecule has 0 N–H and O–H groups in total. The summed E-state index contributed by atoms with van der Waals surface area (Å²) in [5.74, 6) is 0. The summed E-state index contributed by atoms with van der Waals surface area (Å²) in [4.78, 5) is 0. The summed E-state index contributed by atoms with van der Waals surface area (Å²) in [6, 6.07) is 0. The zero-order valence-electron chi connectivity index (χ0n) is 13.5. The van der Waals surface area contributed by atoms with E-state index in [0.29, 0.717) is 11.9 Å². The molecule has 1 aromatic heterocycles. The Balaban J connectivity index is 2.27. The number of hydrogen-bond donors (Lipinski definition) is 0. The van der Waals surface area contributed by atoms with Crippen LogP contribution < -0.4 is 5.46 Å². The maximum atomic E-state index is 12.3. The molecule has 1 unspecified atom stereocenters. The normalized spacial score (nSPS) is 22.5. The Bertz CT molecular complexity index is 608. The first-order chi connectivity index (χ1) is 9.51. The Morgan fingerprint density at radius 1 is 1.29 bits per heavy atom. The van der Waals surface area contributed by atoms with Crippen molar-refractivity contribution < 1.29 is 17.7 Å². The summed E-state index contributed by atoms with van der Waals surface area (Å²) in [6.07, 6.45) is 3.50. The van der Waals surface area contributed by atoms with E-state index in [1.807, 2.05) is 34.6 Å². The molecule has 0 aromatic carbocycles. The highest BCUT2D eigenvalue weighted by molar-refractivity contribution is 7.90. The lowest BCUT2D eigenvalue weighted by Crippen LogP contribution is -2.41. The molecule has 6 nitrogen and oxygen atoms in total. The van der Waals surface area contributed by atoms with Crippen molar-refractivity contribution in [1.82, 2.24) is 9.19 Å². The van der Waals surface area contributed by atoms with Gasteiger partial charge < -0.3 is 9.31 Å². The quantitative estimate of drug-likeness (QED) is 0.780. The molecular formula is C13H23BN2O4S. The van der Waals surface area contributed by atoms with Gasteiger partial charge in [-0.05, 0) is 41.0 Å². The van der Waals surface area contributed by atoms with Gasteiger partial charge in [0, 0.05) is 17.9 Å². The van der Waals surface area contributed by atoms with Crippen molar-refractivity contribution in [3.8, 4) is 0 Å². The molecule has 21 heavy (non-hydrogen) atoms. The average molecular weight is 314 g/mol. The predicted molar refractivity (Wildman–Crippen MR) is 82.0 cm³/mol. The second-order valence-corrected chi connectivity index (χ2v) is 8.71. The van der Waals surface area contributed by atoms with Crippen LogP contribution in [0.15, 0.2) is 12.4 Å². The van der Waals surface area contributed by atoms with Crippen LogP contribution in [0.2, 0.25) is 0 Å². The second-order valence-electron chi connectivity index (χ2n) is 6.50. The van der Waals surface area contributed by atoms with Gasteiger partial charge in [-0.2, -0.15) is 9.19 Å². The average Bonchev–Trinajstić information content (AvgIpc) is 2.92. The van der Waals surface area contributed by atoms with E-state index < -0.39 is 33.6 Å². The van der Waals surface area contributed by atoms with Gasteiger partial charge in [0.05, 0.1) is 16.5 Å². The molecule has 1 aromatic rings. The molecule has 1 saturated heterocycles.